The number of aromatic amines is 1. The molecule has 2 fully saturated rings. The highest BCUT2D eigenvalue weighted by atomic mass is 16.5. The molecule has 11 nitrogen and oxygen atoms in total. The second kappa shape index (κ2) is 9.46. The third-order valence-corrected chi connectivity index (χ3v) is 7.01. The predicted octanol–water partition coefficient (Wildman–Crippen LogP) is 2.48. The van der Waals surface area contributed by atoms with Crippen molar-refractivity contribution in [3.8, 4) is 11.4 Å². The molecule has 0 saturated carbocycles. The van der Waals surface area contributed by atoms with Crippen LogP contribution >= 0.6 is 0 Å². The number of aromatic nitrogens is 5. The number of likely N-dealkylation sites (N-methyl/N-ethyl adjacent to an activating group) is 2. The van der Waals surface area contributed by atoms with E-state index in [1.54, 1.807) is 18.2 Å². The van der Waals surface area contributed by atoms with Crippen LogP contribution in [0.1, 0.15) is 20.3 Å². The first-order chi connectivity index (χ1) is 16.8. The topological polar surface area (TPSA) is 107 Å². The van der Waals surface area contributed by atoms with Crippen LogP contribution in [-0.2, 0) is 11.3 Å². The highest BCUT2D eigenvalue weighted by Gasteiger charge is 2.31. The van der Waals surface area contributed by atoms with Crippen molar-refractivity contribution in [3.05, 3.63) is 18.5 Å². The fourth-order valence-electron chi connectivity index (χ4n) is 4.84. The molecule has 1 atom stereocenters. The summed E-state index contributed by atoms with van der Waals surface area (Å²) in [4.78, 5) is 23.9. The zero-order valence-electron chi connectivity index (χ0n) is 21.2. The Morgan fingerprint density at radius 2 is 2.11 bits per heavy atom. The monoisotopic (exact) mass is 481 g/mol. The number of fused-ring (bicyclic) bond motifs is 1. The van der Waals surface area contributed by atoms with Crippen molar-refractivity contribution < 1.29 is 9.53 Å². The van der Waals surface area contributed by atoms with Gasteiger partial charge in [0.25, 0.3) is 0 Å². The Bertz CT molecular complexity index is 1200. The normalized spacial score (nSPS) is 19.0. The van der Waals surface area contributed by atoms with E-state index >= 15 is 0 Å². The van der Waals surface area contributed by atoms with Gasteiger partial charge < -0.3 is 24.8 Å². The molecule has 2 saturated heterocycles. The molecule has 5 rings (SSSR count). The lowest BCUT2D eigenvalue weighted by atomic mass is 10.1. The van der Waals surface area contributed by atoms with Crippen LogP contribution in [0.2, 0.25) is 0 Å². The first-order valence-corrected chi connectivity index (χ1v) is 12.2. The molecule has 0 spiro atoms. The number of hydrogen-bond donors (Lipinski definition) is 2. The van der Waals surface area contributed by atoms with Crippen LogP contribution in [0.3, 0.4) is 0 Å². The summed E-state index contributed by atoms with van der Waals surface area (Å²) in [6.07, 6.45) is 4.72. The lowest BCUT2D eigenvalue weighted by Crippen LogP contribution is -2.52. The number of pyridine rings is 1. The molecule has 5 heterocycles. The largest absolute Gasteiger partial charge is 0.378 e. The number of carbonyl (C=O) groups excluding carboxylic acids is 1. The van der Waals surface area contributed by atoms with Crippen molar-refractivity contribution in [2.45, 2.75) is 39.0 Å². The predicted molar refractivity (Wildman–Crippen MR) is 136 cm³/mol. The number of carbonyl (C=O) groups is 1. The molecular weight excluding hydrogens is 446 g/mol. The number of nitrogens with zero attached hydrogens (tertiary/aromatic N) is 7. The number of nitrogens with one attached hydrogen (secondary N) is 2. The van der Waals surface area contributed by atoms with Gasteiger partial charge in [0.2, 0.25) is 0 Å². The first-order valence-electron chi connectivity index (χ1n) is 12.2. The summed E-state index contributed by atoms with van der Waals surface area (Å²) in [6.45, 7) is 8.69. The average Bonchev–Trinajstić information content (AvgIpc) is 3.52. The highest BCUT2D eigenvalue weighted by Crippen LogP contribution is 2.33. The van der Waals surface area contributed by atoms with Crippen molar-refractivity contribution in [2.75, 3.05) is 57.6 Å². The van der Waals surface area contributed by atoms with Crippen molar-refractivity contribution >= 4 is 28.4 Å². The number of likely N-dealkylation sites (tertiary alicyclic amines) is 1. The summed E-state index contributed by atoms with van der Waals surface area (Å²) in [5.41, 5.74) is 3.02. The van der Waals surface area contributed by atoms with Gasteiger partial charge >= 0.3 is 6.03 Å². The minimum absolute atomic E-state index is 0.147. The minimum Gasteiger partial charge on any atom is -0.378 e. The molecule has 0 bridgehead atoms. The van der Waals surface area contributed by atoms with Gasteiger partial charge in [-0.2, -0.15) is 10.2 Å². The van der Waals surface area contributed by atoms with Crippen LogP contribution < -0.4 is 10.2 Å². The van der Waals surface area contributed by atoms with Crippen LogP contribution in [0.4, 0.5) is 16.3 Å². The molecular formula is C24H35N9O2. The standard InChI is InChI=1S/C24H35N9O2/c1-15(2)11-33-21-8-19(25-9-18(21)23(29-33)32-13-17(14-32)35-5)22-20(10-26-28-22)27-24(34)31(4)16-6-7-30(3)12-16/h8-10,15-17H,6-7,11-14H2,1-5H3,(H,26,28)(H,27,34)/t16-/m0/s1. The van der Waals surface area contributed by atoms with Crippen molar-refractivity contribution in [1.82, 2.24) is 34.8 Å². The van der Waals surface area contributed by atoms with Crippen molar-refractivity contribution in [3.63, 3.8) is 0 Å². The molecule has 0 aromatic carbocycles. The fourth-order valence-corrected chi connectivity index (χ4v) is 4.84. The maximum absolute atomic E-state index is 12.9. The van der Waals surface area contributed by atoms with Crippen LogP contribution in [0.5, 0.6) is 0 Å². The second-order valence-electron chi connectivity index (χ2n) is 10.2. The summed E-state index contributed by atoms with van der Waals surface area (Å²) in [5, 5.41) is 16.2. The van der Waals surface area contributed by atoms with E-state index in [9.17, 15) is 4.79 Å². The molecule has 0 unspecified atom stereocenters. The maximum atomic E-state index is 12.9. The Morgan fingerprint density at radius 1 is 1.31 bits per heavy atom. The number of hydrogen-bond acceptors (Lipinski definition) is 7. The Morgan fingerprint density at radius 3 is 2.80 bits per heavy atom. The number of ether oxygens (including phenoxy) is 1. The molecule has 11 heteroatoms. The van der Waals surface area contributed by atoms with E-state index in [-0.39, 0.29) is 18.2 Å². The zero-order valence-corrected chi connectivity index (χ0v) is 21.2. The third-order valence-electron chi connectivity index (χ3n) is 7.01. The van der Waals surface area contributed by atoms with Crippen LogP contribution in [0, 0.1) is 5.92 Å². The summed E-state index contributed by atoms with van der Waals surface area (Å²) in [5.74, 6) is 1.38. The maximum Gasteiger partial charge on any atom is 0.321 e. The summed E-state index contributed by atoms with van der Waals surface area (Å²) in [6, 6.07) is 2.08. The van der Waals surface area contributed by atoms with Gasteiger partial charge in [-0.15, -0.1) is 0 Å². The van der Waals surface area contributed by atoms with Crippen LogP contribution in [0.25, 0.3) is 22.3 Å². The van der Waals surface area contributed by atoms with Crippen molar-refractivity contribution in [1.29, 1.82) is 0 Å². The summed E-state index contributed by atoms with van der Waals surface area (Å²) in [7, 11) is 5.67. The van der Waals surface area contributed by atoms with Gasteiger partial charge in [0, 0.05) is 52.6 Å². The van der Waals surface area contributed by atoms with Gasteiger partial charge in [0.1, 0.15) is 5.69 Å². The number of H-pyrrole nitrogens is 1. The average molecular weight is 482 g/mol. The first kappa shape index (κ1) is 23.6. The third kappa shape index (κ3) is 4.57. The molecule has 0 radical (unpaired) electrons. The molecule has 2 N–H and O–H groups in total. The van der Waals surface area contributed by atoms with E-state index in [0.717, 1.165) is 55.9 Å². The summed E-state index contributed by atoms with van der Waals surface area (Å²) >= 11 is 0. The number of methoxy groups -OCH3 is 1. The molecule has 35 heavy (non-hydrogen) atoms. The number of amides is 2. The molecule has 0 aliphatic carbocycles. The quantitative estimate of drug-likeness (QED) is 0.534. The van der Waals surface area contributed by atoms with Gasteiger partial charge in [-0.3, -0.25) is 14.8 Å². The number of urea groups is 1. The van der Waals surface area contributed by atoms with Gasteiger partial charge in [-0.25, -0.2) is 4.79 Å². The molecule has 2 aliphatic heterocycles. The fraction of sp³-hybridized carbons (Fsp3) is 0.583. The van der Waals surface area contributed by atoms with E-state index < -0.39 is 0 Å². The Balaban J connectivity index is 1.42. The van der Waals surface area contributed by atoms with E-state index in [2.05, 4.69) is 50.9 Å². The van der Waals surface area contributed by atoms with E-state index in [4.69, 9.17) is 14.8 Å². The van der Waals surface area contributed by atoms with Gasteiger partial charge in [0.15, 0.2) is 5.82 Å². The molecule has 2 amide bonds. The van der Waals surface area contributed by atoms with Gasteiger partial charge in [0.05, 0.1) is 34.6 Å². The van der Waals surface area contributed by atoms with Crippen molar-refractivity contribution in [2.24, 2.45) is 5.92 Å². The Kier molecular flexibility index (Phi) is 6.37. The molecule has 2 aliphatic rings. The van der Waals surface area contributed by atoms with Gasteiger partial charge in [-0.05, 0) is 32.0 Å². The Hall–Kier alpha value is -3.18. The Labute approximate surface area is 205 Å². The molecule has 3 aromatic heterocycles. The number of anilines is 2. The van der Waals surface area contributed by atoms with E-state index in [0.29, 0.717) is 23.0 Å². The smallest absolute Gasteiger partial charge is 0.321 e. The summed E-state index contributed by atoms with van der Waals surface area (Å²) < 4.78 is 7.50. The number of rotatable bonds is 7. The minimum atomic E-state index is -0.147. The lowest BCUT2D eigenvalue weighted by Gasteiger charge is -2.38. The second-order valence-corrected chi connectivity index (χ2v) is 10.2. The van der Waals surface area contributed by atoms with Gasteiger partial charge in [-0.1, -0.05) is 13.8 Å². The van der Waals surface area contributed by atoms with Crippen LogP contribution in [0.15, 0.2) is 18.5 Å². The SMILES string of the molecule is COC1CN(c2nn(CC(C)C)c3cc(-c4[nH]ncc4NC(=O)N(C)[C@H]4CCN(C)C4)ncc23)C1. The molecule has 188 valence electrons. The van der Waals surface area contributed by atoms with Crippen LogP contribution in [-0.4, -0.2) is 100 Å². The zero-order chi connectivity index (χ0) is 24.7. The van der Waals surface area contributed by atoms with E-state index in [1.807, 2.05) is 19.3 Å². The highest BCUT2D eigenvalue weighted by molar-refractivity contribution is 5.96. The van der Waals surface area contributed by atoms with E-state index in [1.165, 1.54) is 0 Å². The molecule has 3 aromatic rings. The lowest BCUT2D eigenvalue weighted by molar-refractivity contribution is 0.0783.